The molecule has 0 bridgehead atoms. The SMILES string of the molecule is CC(C)(C)c1ccc(Oc2ccc(CCN3CC(C(=O)O)CC3=O)cc2)cc1. The van der Waals surface area contributed by atoms with Crippen LogP contribution in [0.4, 0.5) is 0 Å². The van der Waals surface area contributed by atoms with E-state index in [1.165, 1.54) is 5.56 Å². The van der Waals surface area contributed by atoms with Gasteiger partial charge in [-0.1, -0.05) is 45.0 Å². The van der Waals surface area contributed by atoms with Crippen LogP contribution in [0.5, 0.6) is 11.5 Å². The molecule has 5 heteroatoms. The lowest BCUT2D eigenvalue weighted by Gasteiger charge is -2.19. The van der Waals surface area contributed by atoms with E-state index in [1.807, 2.05) is 36.4 Å². The zero-order valence-electron chi connectivity index (χ0n) is 16.6. The fourth-order valence-electron chi connectivity index (χ4n) is 3.30. The van der Waals surface area contributed by atoms with Gasteiger partial charge in [0.05, 0.1) is 5.92 Å². The summed E-state index contributed by atoms with van der Waals surface area (Å²) in [6, 6.07) is 15.9. The molecular weight excluding hydrogens is 354 g/mol. The summed E-state index contributed by atoms with van der Waals surface area (Å²) in [7, 11) is 0. The van der Waals surface area contributed by atoms with Gasteiger partial charge in [-0.3, -0.25) is 9.59 Å². The van der Waals surface area contributed by atoms with Crippen molar-refractivity contribution in [1.29, 1.82) is 0 Å². The number of amides is 1. The van der Waals surface area contributed by atoms with Crippen molar-refractivity contribution in [1.82, 2.24) is 4.90 Å². The largest absolute Gasteiger partial charge is 0.481 e. The van der Waals surface area contributed by atoms with E-state index < -0.39 is 11.9 Å². The van der Waals surface area contributed by atoms with Gasteiger partial charge in [0, 0.05) is 19.5 Å². The third-order valence-electron chi connectivity index (χ3n) is 5.11. The lowest BCUT2D eigenvalue weighted by atomic mass is 9.87. The quantitative estimate of drug-likeness (QED) is 0.812. The Balaban J connectivity index is 1.54. The Bertz CT molecular complexity index is 834. The van der Waals surface area contributed by atoms with E-state index in [4.69, 9.17) is 9.84 Å². The summed E-state index contributed by atoms with van der Waals surface area (Å²) in [6.07, 6.45) is 0.800. The van der Waals surface area contributed by atoms with Gasteiger partial charge in [-0.25, -0.2) is 0 Å². The highest BCUT2D eigenvalue weighted by molar-refractivity contribution is 5.86. The molecule has 2 aromatic rings. The average molecular weight is 381 g/mol. The van der Waals surface area contributed by atoms with Crippen LogP contribution in [0.15, 0.2) is 48.5 Å². The normalized spacial score (nSPS) is 17.0. The fourth-order valence-corrected chi connectivity index (χ4v) is 3.30. The number of carboxylic acid groups (broad SMARTS) is 1. The molecule has 0 aliphatic carbocycles. The van der Waals surface area contributed by atoms with Crippen LogP contribution in [-0.2, 0) is 21.4 Å². The third-order valence-corrected chi connectivity index (χ3v) is 5.11. The molecule has 1 fully saturated rings. The summed E-state index contributed by atoms with van der Waals surface area (Å²) in [4.78, 5) is 24.6. The Morgan fingerprint density at radius 1 is 1.07 bits per heavy atom. The van der Waals surface area contributed by atoms with Gasteiger partial charge in [-0.15, -0.1) is 0 Å². The van der Waals surface area contributed by atoms with Gasteiger partial charge in [0.2, 0.25) is 5.91 Å². The molecule has 1 saturated heterocycles. The Hall–Kier alpha value is -2.82. The number of carbonyl (C=O) groups is 2. The first-order chi connectivity index (χ1) is 13.2. The first-order valence-electron chi connectivity index (χ1n) is 9.60. The average Bonchev–Trinajstić information content (AvgIpc) is 3.02. The van der Waals surface area contributed by atoms with Crippen molar-refractivity contribution in [3.8, 4) is 11.5 Å². The van der Waals surface area contributed by atoms with E-state index in [0.29, 0.717) is 19.5 Å². The lowest BCUT2D eigenvalue weighted by Crippen LogP contribution is -2.28. The number of carbonyl (C=O) groups excluding carboxylic acids is 1. The predicted octanol–water partition coefficient (Wildman–Crippen LogP) is 4.25. The summed E-state index contributed by atoms with van der Waals surface area (Å²) in [6.45, 7) is 7.38. The second-order valence-corrected chi connectivity index (χ2v) is 8.35. The van der Waals surface area contributed by atoms with Crippen molar-refractivity contribution in [3.63, 3.8) is 0 Å². The van der Waals surface area contributed by atoms with Crippen LogP contribution >= 0.6 is 0 Å². The molecule has 1 aliphatic heterocycles. The zero-order chi connectivity index (χ0) is 20.3. The van der Waals surface area contributed by atoms with E-state index >= 15 is 0 Å². The molecule has 28 heavy (non-hydrogen) atoms. The highest BCUT2D eigenvalue weighted by Crippen LogP contribution is 2.27. The van der Waals surface area contributed by atoms with Crippen LogP contribution in [0.2, 0.25) is 0 Å². The molecule has 2 aromatic carbocycles. The maximum Gasteiger partial charge on any atom is 0.308 e. The van der Waals surface area contributed by atoms with Crippen molar-refractivity contribution < 1.29 is 19.4 Å². The molecule has 1 amide bonds. The molecule has 1 aliphatic rings. The summed E-state index contributed by atoms with van der Waals surface area (Å²) in [5.74, 6) is 0.00506. The minimum absolute atomic E-state index is 0.0777. The van der Waals surface area contributed by atoms with Gasteiger partial charge in [0.25, 0.3) is 0 Å². The number of benzene rings is 2. The molecule has 0 spiro atoms. The summed E-state index contributed by atoms with van der Waals surface area (Å²) < 4.78 is 5.91. The topological polar surface area (TPSA) is 66.8 Å². The predicted molar refractivity (Wildman–Crippen MR) is 108 cm³/mol. The smallest absolute Gasteiger partial charge is 0.308 e. The second kappa shape index (κ2) is 8.05. The molecule has 3 rings (SSSR count). The molecule has 5 nitrogen and oxygen atoms in total. The lowest BCUT2D eigenvalue weighted by molar-refractivity contribution is -0.141. The number of nitrogens with zero attached hydrogens (tertiary/aromatic N) is 1. The number of hydrogen-bond acceptors (Lipinski definition) is 3. The summed E-state index contributed by atoms with van der Waals surface area (Å²) in [5, 5.41) is 9.05. The molecule has 1 heterocycles. The zero-order valence-corrected chi connectivity index (χ0v) is 16.6. The number of rotatable bonds is 6. The molecule has 0 saturated carbocycles. The summed E-state index contributed by atoms with van der Waals surface area (Å²) in [5.41, 5.74) is 2.46. The van der Waals surface area contributed by atoms with Gasteiger partial charge in [-0.05, 0) is 47.2 Å². The van der Waals surface area contributed by atoms with Crippen LogP contribution in [0.3, 0.4) is 0 Å². The maximum absolute atomic E-state index is 11.9. The minimum atomic E-state index is -0.895. The highest BCUT2D eigenvalue weighted by Gasteiger charge is 2.33. The van der Waals surface area contributed by atoms with E-state index in [2.05, 4.69) is 32.9 Å². The first-order valence-corrected chi connectivity index (χ1v) is 9.60. The Labute approximate surface area is 165 Å². The Kier molecular flexibility index (Phi) is 5.73. The van der Waals surface area contributed by atoms with E-state index in [9.17, 15) is 9.59 Å². The standard InChI is InChI=1S/C23H27NO4/c1-23(2,3)18-6-10-20(11-7-18)28-19-8-4-16(5-9-19)12-13-24-15-17(22(26)27)14-21(24)25/h4-11,17H,12-15H2,1-3H3,(H,26,27). The third kappa shape index (κ3) is 4.91. The van der Waals surface area contributed by atoms with Crippen molar-refractivity contribution >= 4 is 11.9 Å². The fraction of sp³-hybridized carbons (Fsp3) is 0.391. The van der Waals surface area contributed by atoms with E-state index in [1.54, 1.807) is 4.90 Å². The van der Waals surface area contributed by atoms with Crippen LogP contribution in [0, 0.1) is 5.92 Å². The van der Waals surface area contributed by atoms with Crippen molar-refractivity contribution in [2.75, 3.05) is 13.1 Å². The molecule has 0 radical (unpaired) electrons. The monoisotopic (exact) mass is 381 g/mol. The molecule has 1 unspecified atom stereocenters. The van der Waals surface area contributed by atoms with Crippen LogP contribution in [0.1, 0.15) is 38.3 Å². The van der Waals surface area contributed by atoms with Crippen LogP contribution in [-0.4, -0.2) is 35.0 Å². The van der Waals surface area contributed by atoms with Gasteiger partial charge >= 0.3 is 5.97 Å². The van der Waals surface area contributed by atoms with Crippen LogP contribution < -0.4 is 4.74 Å². The van der Waals surface area contributed by atoms with Gasteiger partial charge in [-0.2, -0.15) is 0 Å². The van der Waals surface area contributed by atoms with E-state index in [-0.39, 0.29) is 17.7 Å². The maximum atomic E-state index is 11.9. The molecule has 0 aromatic heterocycles. The van der Waals surface area contributed by atoms with E-state index in [0.717, 1.165) is 17.1 Å². The van der Waals surface area contributed by atoms with Gasteiger partial charge < -0.3 is 14.7 Å². The minimum Gasteiger partial charge on any atom is -0.481 e. The second-order valence-electron chi connectivity index (χ2n) is 8.35. The molecule has 148 valence electrons. The molecule has 1 atom stereocenters. The first kappa shape index (κ1) is 19.9. The summed E-state index contributed by atoms with van der Waals surface area (Å²) >= 11 is 0. The number of aliphatic carboxylic acids is 1. The van der Waals surface area contributed by atoms with Gasteiger partial charge in [0.15, 0.2) is 0 Å². The van der Waals surface area contributed by atoms with Crippen molar-refractivity contribution in [2.24, 2.45) is 5.92 Å². The molecular formula is C23H27NO4. The Morgan fingerprint density at radius 2 is 1.64 bits per heavy atom. The molecule has 1 N–H and O–H groups in total. The van der Waals surface area contributed by atoms with Crippen LogP contribution in [0.25, 0.3) is 0 Å². The number of carboxylic acids is 1. The highest BCUT2D eigenvalue weighted by atomic mass is 16.5. The Morgan fingerprint density at radius 3 is 2.14 bits per heavy atom. The van der Waals surface area contributed by atoms with Crippen molar-refractivity contribution in [3.05, 3.63) is 59.7 Å². The number of likely N-dealkylation sites (tertiary alicyclic amines) is 1. The number of ether oxygens (including phenoxy) is 1. The van der Waals surface area contributed by atoms with Crippen molar-refractivity contribution in [2.45, 2.75) is 39.0 Å². The van der Waals surface area contributed by atoms with Gasteiger partial charge in [0.1, 0.15) is 11.5 Å². The number of hydrogen-bond donors (Lipinski definition) is 1.